The lowest BCUT2D eigenvalue weighted by Gasteiger charge is -2.29. The lowest BCUT2D eigenvalue weighted by atomic mass is 10.0. The van der Waals surface area contributed by atoms with Crippen molar-refractivity contribution < 1.29 is 22.8 Å². The Labute approximate surface area is 170 Å². The fraction of sp³-hybridized carbons (Fsp3) is 0.182. The maximum atomic E-state index is 14.1. The zero-order valence-corrected chi connectivity index (χ0v) is 16.2. The molecule has 0 fully saturated rings. The van der Waals surface area contributed by atoms with Gasteiger partial charge in [-0.3, -0.25) is 9.59 Å². The molecule has 0 unspecified atom stereocenters. The Balaban J connectivity index is 1.60. The van der Waals surface area contributed by atoms with Gasteiger partial charge in [-0.2, -0.15) is 0 Å². The van der Waals surface area contributed by atoms with Crippen LogP contribution >= 0.6 is 11.8 Å². The van der Waals surface area contributed by atoms with E-state index in [1.165, 1.54) is 22.7 Å². The predicted molar refractivity (Wildman–Crippen MR) is 106 cm³/mol. The molecular weight excluding hydrogens is 396 g/mol. The Hall–Kier alpha value is -2.93. The summed E-state index contributed by atoms with van der Waals surface area (Å²) >= 11 is 1.35. The molecule has 1 aliphatic rings. The minimum atomic E-state index is -0.705. The number of benzene rings is 2. The monoisotopic (exact) mass is 413 g/mol. The Morgan fingerprint density at radius 1 is 1.10 bits per heavy atom. The van der Waals surface area contributed by atoms with Crippen molar-refractivity contribution in [3.8, 4) is 0 Å². The summed E-state index contributed by atoms with van der Waals surface area (Å²) in [4.78, 5) is 27.3. The molecule has 1 aromatic heterocycles. The van der Waals surface area contributed by atoms with Gasteiger partial charge in [-0.15, -0.1) is 11.8 Å². The number of nitrogens with zero attached hydrogens (tertiary/aromatic N) is 1. The number of Topliss-reactive ketones (excluding diaryl/α,β-unsaturated/α-hetero) is 1. The zero-order chi connectivity index (χ0) is 20.4. The smallest absolute Gasteiger partial charge is 0.237 e. The first-order chi connectivity index (χ1) is 14.0. The number of aryl methyl sites for hydroxylation is 1. The normalized spacial score (nSPS) is 13.4. The Bertz CT molecular complexity index is 1050. The average molecular weight is 413 g/mol. The van der Waals surface area contributed by atoms with E-state index < -0.39 is 11.6 Å². The van der Waals surface area contributed by atoms with E-state index >= 15 is 0 Å². The summed E-state index contributed by atoms with van der Waals surface area (Å²) in [5, 5.41) is 0. The van der Waals surface area contributed by atoms with Crippen LogP contribution in [0.3, 0.4) is 0 Å². The number of carbonyl (C=O) groups is 2. The molecule has 2 heterocycles. The number of thioether (sulfide) groups is 1. The summed E-state index contributed by atoms with van der Waals surface area (Å²) in [6.45, 7) is -0.227. The van der Waals surface area contributed by atoms with Gasteiger partial charge in [0.2, 0.25) is 5.91 Å². The fourth-order valence-corrected chi connectivity index (χ4v) is 4.14. The van der Waals surface area contributed by atoms with Gasteiger partial charge < -0.3 is 9.32 Å². The minimum absolute atomic E-state index is 0.0933. The van der Waals surface area contributed by atoms with E-state index in [1.807, 2.05) is 0 Å². The molecule has 0 saturated carbocycles. The van der Waals surface area contributed by atoms with Crippen LogP contribution in [0.2, 0.25) is 0 Å². The van der Waals surface area contributed by atoms with Gasteiger partial charge in [0.05, 0.1) is 24.2 Å². The van der Waals surface area contributed by atoms with Gasteiger partial charge in [-0.05, 0) is 36.4 Å². The summed E-state index contributed by atoms with van der Waals surface area (Å²) in [6.07, 6.45) is 2.29. The maximum absolute atomic E-state index is 14.1. The molecular formula is C22H17F2NO3S. The first kappa shape index (κ1) is 19.4. The SMILES string of the molecule is O=C(CCc1ccco1)c1ccc2c(c1)N(Cc1c(F)cccc1F)C(=O)CS2. The lowest BCUT2D eigenvalue weighted by Crippen LogP contribution is -2.35. The summed E-state index contributed by atoms with van der Waals surface area (Å²) in [5.41, 5.74) is 0.774. The van der Waals surface area contributed by atoms with Gasteiger partial charge in [0.15, 0.2) is 5.78 Å². The fourth-order valence-electron chi connectivity index (χ4n) is 3.23. The quantitative estimate of drug-likeness (QED) is 0.533. The average Bonchev–Trinajstić information content (AvgIpc) is 3.23. The number of hydrogen-bond acceptors (Lipinski definition) is 4. The van der Waals surface area contributed by atoms with Crippen LogP contribution in [0.5, 0.6) is 0 Å². The molecule has 1 aliphatic heterocycles. The van der Waals surface area contributed by atoms with Crippen molar-refractivity contribution >= 4 is 29.1 Å². The molecule has 2 aromatic carbocycles. The van der Waals surface area contributed by atoms with Crippen LogP contribution in [0.4, 0.5) is 14.5 Å². The number of carbonyl (C=O) groups excluding carboxylic acids is 2. The van der Waals surface area contributed by atoms with E-state index in [0.717, 1.165) is 22.8 Å². The standard InChI is InChI=1S/C22H17F2NO3S/c23-17-4-1-5-18(24)16(17)12-25-19-11-14(6-9-21(19)29-13-22(25)27)20(26)8-7-15-3-2-10-28-15/h1-6,9-11H,7-8,12-13H2. The second-order valence-electron chi connectivity index (χ2n) is 6.65. The molecule has 4 nitrogen and oxygen atoms in total. The predicted octanol–water partition coefficient (Wildman–Crippen LogP) is 5.01. The third-order valence-corrected chi connectivity index (χ3v) is 5.83. The number of ketones is 1. The summed E-state index contributed by atoms with van der Waals surface area (Å²) in [7, 11) is 0. The van der Waals surface area contributed by atoms with Gasteiger partial charge in [0.25, 0.3) is 0 Å². The first-order valence-corrected chi connectivity index (χ1v) is 10.1. The largest absolute Gasteiger partial charge is 0.469 e. The molecule has 0 bridgehead atoms. The molecule has 0 N–H and O–H groups in total. The van der Waals surface area contributed by atoms with Crippen molar-refractivity contribution in [3.05, 3.63) is 83.3 Å². The Morgan fingerprint density at radius 2 is 1.90 bits per heavy atom. The molecule has 0 radical (unpaired) electrons. The third-order valence-electron chi connectivity index (χ3n) is 4.78. The summed E-state index contributed by atoms with van der Waals surface area (Å²) in [6, 6.07) is 12.3. The van der Waals surface area contributed by atoms with Crippen LogP contribution in [-0.2, 0) is 17.8 Å². The van der Waals surface area contributed by atoms with Gasteiger partial charge >= 0.3 is 0 Å². The molecule has 148 valence electrons. The summed E-state index contributed by atoms with van der Waals surface area (Å²) < 4.78 is 33.5. The number of anilines is 1. The van der Waals surface area contributed by atoms with Gasteiger partial charge in [0.1, 0.15) is 17.4 Å². The van der Waals surface area contributed by atoms with Crippen LogP contribution < -0.4 is 4.90 Å². The van der Waals surface area contributed by atoms with Crippen molar-refractivity contribution in [1.29, 1.82) is 0 Å². The van der Waals surface area contributed by atoms with Gasteiger partial charge in [0, 0.05) is 28.9 Å². The molecule has 3 aromatic rings. The Kier molecular flexibility index (Phi) is 5.49. The van der Waals surface area contributed by atoms with Crippen molar-refractivity contribution in [3.63, 3.8) is 0 Å². The molecule has 0 aliphatic carbocycles. The van der Waals surface area contributed by atoms with Crippen molar-refractivity contribution in [2.45, 2.75) is 24.3 Å². The van der Waals surface area contributed by atoms with E-state index in [1.54, 1.807) is 36.6 Å². The van der Waals surface area contributed by atoms with E-state index in [2.05, 4.69) is 0 Å². The van der Waals surface area contributed by atoms with Crippen LogP contribution in [0, 0.1) is 11.6 Å². The highest BCUT2D eigenvalue weighted by Gasteiger charge is 2.27. The number of furan rings is 1. The van der Waals surface area contributed by atoms with Gasteiger partial charge in [-0.25, -0.2) is 8.78 Å². The maximum Gasteiger partial charge on any atom is 0.237 e. The van der Waals surface area contributed by atoms with Crippen LogP contribution in [0.25, 0.3) is 0 Å². The number of amides is 1. The minimum Gasteiger partial charge on any atom is -0.469 e. The van der Waals surface area contributed by atoms with E-state index in [0.29, 0.717) is 17.7 Å². The number of hydrogen-bond donors (Lipinski definition) is 0. The van der Waals surface area contributed by atoms with Gasteiger partial charge in [-0.1, -0.05) is 12.1 Å². The third kappa shape index (κ3) is 4.10. The molecule has 1 amide bonds. The van der Waals surface area contributed by atoms with Crippen molar-refractivity contribution in [1.82, 2.24) is 0 Å². The molecule has 0 spiro atoms. The Morgan fingerprint density at radius 3 is 2.62 bits per heavy atom. The molecule has 29 heavy (non-hydrogen) atoms. The van der Waals surface area contributed by atoms with E-state index in [4.69, 9.17) is 4.42 Å². The molecule has 4 rings (SSSR count). The van der Waals surface area contributed by atoms with E-state index in [-0.39, 0.29) is 36.0 Å². The molecule has 0 atom stereocenters. The number of halogens is 2. The molecule has 0 saturated heterocycles. The second-order valence-corrected chi connectivity index (χ2v) is 7.67. The molecule has 7 heteroatoms. The second kappa shape index (κ2) is 8.21. The number of rotatable bonds is 6. The van der Waals surface area contributed by atoms with Crippen LogP contribution in [-0.4, -0.2) is 17.4 Å². The topological polar surface area (TPSA) is 50.5 Å². The zero-order valence-electron chi connectivity index (χ0n) is 15.4. The van der Waals surface area contributed by atoms with E-state index in [9.17, 15) is 18.4 Å². The van der Waals surface area contributed by atoms with Crippen molar-refractivity contribution in [2.75, 3.05) is 10.7 Å². The highest BCUT2D eigenvalue weighted by Crippen LogP contribution is 2.37. The van der Waals surface area contributed by atoms with Crippen LogP contribution in [0.15, 0.2) is 64.1 Å². The van der Waals surface area contributed by atoms with Crippen molar-refractivity contribution in [2.24, 2.45) is 0 Å². The highest BCUT2D eigenvalue weighted by atomic mass is 32.2. The number of fused-ring (bicyclic) bond motifs is 1. The first-order valence-electron chi connectivity index (χ1n) is 9.08. The highest BCUT2D eigenvalue weighted by molar-refractivity contribution is 8.00. The van der Waals surface area contributed by atoms with Crippen LogP contribution in [0.1, 0.15) is 28.1 Å². The summed E-state index contributed by atoms with van der Waals surface area (Å²) in [5.74, 6) is -0.866. The lowest BCUT2D eigenvalue weighted by molar-refractivity contribution is -0.116.